The van der Waals surface area contributed by atoms with Gasteiger partial charge in [-0.3, -0.25) is 4.79 Å². The van der Waals surface area contributed by atoms with Gasteiger partial charge in [0.15, 0.2) is 0 Å². The Hall–Kier alpha value is -1.26. The molecule has 5 nitrogen and oxygen atoms in total. The molecule has 1 amide bonds. The van der Waals surface area contributed by atoms with E-state index in [1.54, 1.807) is 0 Å². The Bertz CT molecular complexity index is 357. The van der Waals surface area contributed by atoms with Crippen LogP contribution in [0.3, 0.4) is 0 Å². The minimum atomic E-state index is -0.796. The van der Waals surface area contributed by atoms with Gasteiger partial charge in [-0.15, -0.1) is 0 Å². The van der Waals surface area contributed by atoms with Crippen LogP contribution in [0.4, 0.5) is 4.79 Å². The Morgan fingerprint density at radius 1 is 1.05 bits per heavy atom. The third-order valence-electron chi connectivity index (χ3n) is 5.01. The number of hydrogen-bond donors (Lipinski definition) is 2. The average Bonchev–Trinajstić information content (AvgIpc) is 2.52. The molecule has 0 saturated heterocycles. The number of ether oxygens (including phenoxy) is 1. The summed E-state index contributed by atoms with van der Waals surface area (Å²) in [5.41, 5.74) is -0.790. The van der Waals surface area contributed by atoms with Gasteiger partial charge in [-0.25, -0.2) is 4.79 Å². The van der Waals surface area contributed by atoms with E-state index >= 15 is 0 Å². The molecule has 0 aromatic carbocycles. The summed E-state index contributed by atoms with van der Waals surface area (Å²) >= 11 is 0. The van der Waals surface area contributed by atoms with Gasteiger partial charge in [-0.2, -0.15) is 0 Å². The zero-order valence-corrected chi connectivity index (χ0v) is 12.7. The van der Waals surface area contributed by atoms with Crippen molar-refractivity contribution in [3.05, 3.63) is 0 Å². The smallest absolute Gasteiger partial charge is 0.407 e. The van der Waals surface area contributed by atoms with E-state index in [1.807, 2.05) is 0 Å². The Morgan fingerprint density at radius 3 is 2.29 bits per heavy atom. The van der Waals surface area contributed by atoms with Crippen molar-refractivity contribution in [1.29, 1.82) is 0 Å². The summed E-state index contributed by atoms with van der Waals surface area (Å²) in [6.07, 6.45) is 9.73. The van der Waals surface area contributed by atoms with Gasteiger partial charge in [0.25, 0.3) is 0 Å². The van der Waals surface area contributed by atoms with Gasteiger partial charge in [0.2, 0.25) is 0 Å². The molecule has 0 unspecified atom stereocenters. The third kappa shape index (κ3) is 4.61. The molecule has 120 valence electrons. The standard InChI is InChI=1S/C16H27NO4/c18-14(19)16(9-5-2-6-10-16)12-17-15(20)21-11-13-7-3-1-4-8-13/h13H,1-12H2,(H,17,20)(H,18,19). The Morgan fingerprint density at radius 2 is 1.67 bits per heavy atom. The maximum Gasteiger partial charge on any atom is 0.407 e. The molecule has 0 aliphatic heterocycles. The molecule has 0 aromatic rings. The first-order valence-corrected chi connectivity index (χ1v) is 8.26. The molecule has 2 rings (SSSR count). The minimum Gasteiger partial charge on any atom is -0.481 e. The van der Waals surface area contributed by atoms with Crippen molar-refractivity contribution >= 4 is 12.1 Å². The fraction of sp³-hybridized carbons (Fsp3) is 0.875. The number of rotatable bonds is 5. The van der Waals surface area contributed by atoms with Crippen molar-refractivity contribution in [3.63, 3.8) is 0 Å². The van der Waals surface area contributed by atoms with Gasteiger partial charge in [0.05, 0.1) is 12.0 Å². The number of hydrogen-bond acceptors (Lipinski definition) is 3. The second-order valence-electron chi connectivity index (χ2n) is 6.60. The molecular formula is C16H27NO4. The lowest BCUT2D eigenvalue weighted by atomic mass is 9.74. The molecule has 2 N–H and O–H groups in total. The van der Waals surface area contributed by atoms with Crippen LogP contribution in [0.25, 0.3) is 0 Å². The molecule has 2 fully saturated rings. The van der Waals surface area contributed by atoms with Gasteiger partial charge >= 0.3 is 12.1 Å². The third-order valence-corrected chi connectivity index (χ3v) is 5.01. The number of aliphatic carboxylic acids is 1. The number of carbonyl (C=O) groups is 2. The second-order valence-corrected chi connectivity index (χ2v) is 6.60. The van der Waals surface area contributed by atoms with Gasteiger partial charge in [0.1, 0.15) is 0 Å². The second kappa shape index (κ2) is 7.66. The zero-order chi connectivity index (χ0) is 15.1. The normalized spacial score (nSPS) is 22.5. The summed E-state index contributed by atoms with van der Waals surface area (Å²) in [7, 11) is 0. The molecular weight excluding hydrogens is 270 g/mol. The van der Waals surface area contributed by atoms with E-state index < -0.39 is 17.5 Å². The van der Waals surface area contributed by atoms with E-state index in [9.17, 15) is 14.7 Å². The Balaban J connectivity index is 1.72. The fourth-order valence-corrected chi connectivity index (χ4v) is 3.53. The van der Waals surface area contributed by atoms with Crippen LogP contribution >= 0.6 is 0 Å². The predicted octanol–water partition coefficient (Wildman–Crippen LogP) is 3.33. The highest BCUT2D eigenvalue weighted by molar-refractivity contribution is 5.76. The van der Waals surface area contributed by atoms with E-state index in [0.29, 0.717) is 25.4 Å². The van der Waals surface area contributed by atoms with Crippen LogP contribution < -0.4 is 5.32 Å². The van der Waals surface area contributed by atoms with Crippen molar-refractivity contribution in [2.75, 3.05) is 13.2 Å². The largest absolute Gasteiger partial charge is 0.481 e. The highest BCUT2D eigenvalue weighted by Crippen LogP contribution is 2.36. The van der Waals surface area contributed by atoms with Crippen LogP contribution in [0.15, 0.2) is 0 Å². The van der Waals surface area contributed by atoms with Crippen molar-refractivity contribution < 1.29 is 19.4 Å². The zero-order valence-electron chi connectivity index (χ0n) is 12.7. The van der Waals surface area contributed by atoms with Gasteiger partial charge < -0.3 is 15.2 Å². The summed E-state index contributed by atoms with van der Waals surface area (Å²) in [6, 6.07) is 0. The molecule has 0 bridgehead atoms. The van der Waals surface area contributed by atoms with E-state index in [0.717, 1.165) is 32.1 Å². The molecule has 2 aliphatic rings. The summed E-state index contributed by atoms with van der Waals surface area (Å²) < 4.78 is 5.25. The molecule has 2 aliphatic carbocycles. The average molecular weight is 297 g/mol. The molecule has 0 spiro atoms. The lowest BCUT2D eigenvalue weighted by Crippen LogP contribution is -2.44. The fourth-order valence-electron chi connectivity index (χ4n) is 3.53. The maximum absolute atomic E-state index is 11.8. The Kier molecular flexibility index (Phi) is 5.88. The number of nitrogens with one attached hydrogen (secondary N) is 1. The molecule has 21 heavy (non-hydrogen) atoms. The van der Waals surface area contributed by atoms with Crippen molar-refractivity contribution in [3.8, 4) is 0 Å². The first-order chi connectivity index (χ1) is 10.1. The molecule has 5 heteroatoms. The maximum atomic E-state index is 11.8. The van der Waals surface area contributed by atoms with Crippen molar-refractivity contribution in [2.45, 2.75) is 64.2 Å². The first-order valence-electron chi connectivity index (χ1n) is 8.26. The number of alkyl carbamates (subject to hydrolysis) is 1. The van der Waals surface area contributed by atoms with Crippen LogP contribution in [-0.4, -0.2) is 30.3 Å². The van der Waals surface area contributed by atoms with Gasteiger partial charge in [0, 0.05) is 6.54 Å². The van der Waals surface area contributed by atoms with E-state index in [4.69, 9.17) is 4.74 Å². The number of carboxylic acids is 1. The lowest BCUT2D eigenvalue weighted by Gasteiger charge is -2.33. The van der Waals surface area contributed by atoms with Crippen LogP contribution in [-0.2, 0) is 9.53 Å². The summed E-state index contributed by atoms with van der Waals surface area (Å²) in [5, 5.41) is 12.1. The number of amides is 1. The highest BCUT2D eigenvalue weighted by atomic mass is 16.5. The van der Waals surface area contributed by atoms with E-state index in [1.165, 1.54) is 19.3 Å². The summed E-state index contributed by atoms with van der Waals surface area (Å²) in [5.74, 6) is -0.317. The summed E-state index contributed by atoms with van der Waals surface area (Å²) in [4.78, 5) is 23.3. The molecule has 0 heterocycles. The monoisotopic (exact) mass is 297 g/mol. The SMILES string of the molecule is O=C(NCC1(C(=O)O)CCCCC1)OCC1CCCCC1. The predicted molar refractivity (Wildman–Crippen MR) is 79.1 cm³/mol. The van der Waals surface area contributed by atoms with Gasteiger partial charge in [-0.05, 0) is 31.6 Å². The van der Waals surface area contributed by atoms with Crippen molar-refractivity contribution in [1.82, 2.24) is 5.32 Å². The highest BCUT2D eigenvalue weighted by Gasteiger charge is 2.39. The topological polar surface area (TPSA) is 75.6 Å². The number of carbonyl (C=O) groups excluding carboxylic acids is 1. The van der Waals surface area contributed by atoms with Crippen molar-refractivity contribution in [2.24, 2.45) is 11.3 Å². The molecule has 0 aromatic heterocycles. The van der Waals surface area contributed by atoms with Crippen LogP contribution in [0.5, 0.6) is 0 Å². The van der Waals surface area contributed by atoms with Crippen LogP contribution in [0.2, 0.25) is 0 Å². The molecule has 0 atom stereocenters. The number of carboxylic acid groups (broad SMARTS) is 1. The van der Waals surface area contributed by atoms with Crippen LogP contribution in [0, 0.1) is 11.3 Å². The molecule has 2 saturated carbocycles. The molecule has 0 radical (unpaired) electrons. The van der Waals surface area contributed by atoms with E-state index in [-0.39, 0.29) is 6.54 Å². The quantitative estimate of drug-likeness (QED) is 0.816. The Labute approximate surface area is 126 Å². The van der Waals surface area contributed by atoms with E-state index in [2.05, 4.69) is 5.32 Å². The minimum absolute atomic E-state index is 0.186. The van der Waals surface area contributed by atoms with Gasteiger partial charge in [-0.1, -0.05) is 38.5 Å². The van der Waals surface area contributed by atoms with Crippen LogP contribution in [0.1, 0.15) is 64.2 Å². The summed E-state index contributed by atoms with van der Waals surface area (Å²) in [6.45, 7) is 0.651. The lowest BCUT2D eigenvalue weighted by molar-refractivity contribution is -0.150. The first kappa shape index (κ1) is 16.1.